The van der Waals surface area contributed by atoms with E-state index < -0.39 is 27.8 Å². The third-order valence-electron chi connectivity index (χ3n) is 4.99. The average Bonchev–Trinajstić information content (AvgIpc) is 3.46. The van der Waals surface area contributed by atoms with Gasteiger partial charge < -0.3 is 10.1 Å². The predicted octanol–water partition coefficient (Wildman–Crippen LogP) is 3.85. The van der Waals surface area contributed by atoms with E-state index in [0.29, 0.717) is 36.8 Å². The van der Waals surface area contributed by atoms with E-state index in [4.69, 9.17) is 4.74 Å². The molecule has 1 unspecified atom stereocenters. The molecule has 0 aliphatic carbocycles. The van der Waals surface area contributed by atoms with Crippen molar-refractivity contribution in [3.8, 4) is 5.75 Å². The number of amides is 1. The van der Waals surface area contributed by atoms with E-state index in [0.717, 1.165) is 11.3 Å². The molecule has 1 atom stereocenters. The number of sulfonamides is 1. The second-order valence-corrected chi connectivity index (χ2v) is 9.96. The smallest absolute Gasteiger partial charge is 0.286 e. The van der Waals surface area contributed by atoms with Gasteiger partial charge in [-0.25, -0.2) is 12.8 Å². The lowest BCUT2D eigenvalue weighted by molar-refractivity contribution is 0.102. The first-order valence-electron chi connectivity index (χ1n) is 10.0. The third kappa shape index (κ3) is 4.50. The van der Waals surface area contributed by atoms with Crippen LogP contribution in [-0.2, 0) is 10.0 Å². The number of nitrogens with one attached hydrogen (secondary N) is 1. The lowest BCUT2D eigenvalue weighted by atomic mass is 10.2. The van der Waals surface area contributed by atoms with Crippen LogP contribution in [0.5, 0.6) is 5.75 Å². The van der Waals surface area contributed by atoms with Crippen molar-refractivity contribution in [3.63, 3.8) is 0 Å². The summed E-state index contributed by atoms with van der Waals surface area (Å²) in [7, 11) is -3.77. The fourth-order valence-electron chi connectivity index (χ4n) is 3.48. The maximum absolute atomic E-state index is 13.8. The standard InChI is InChI=1S/C21H21FN4O4S2/c1-2-30-14-9-11-15(12-10-14)32(28,29)26-13-5-8-18(26)20-24-25-21(31-20)19(27)23-17-7-4-3-6-16(17)22/h3-4,6-7,9-12,18H,2,5,8,13H2,1H3,(H,23,27). The van der Waals surface area contributed by atoms with Crippen LogP contribution in [0.4, 0.5) is 10.1 Å². The normalized spacial score (nSPS) is 16.8. The summed E-state index contributed by atoms with van der Waals surface area (Å²) in [5.41, 5.74) is 0.0369. The minimum absolute atomic E-state index is 0.0357. The first kappa shape index (κ1) is 22.3. The van der Waals surface area contributed by atoms with E-state index in [1.165, 1.54) is 34.6 Å². The summed E-state index contributed by atoms with van der Waals surface area (Å²) in [6, 6.07) is 11.6. The van der Waals surface area contributed by atoms with Crippen LogP contribution in [0.3, 0.4) is 0 Å². The molecule has 1 aromatic heterocycles. The molecule has 3 aromatic rings. The van der Waals surface area contributed by atoms with Gasteiger partial charge in [0.25, 0.3) is 5.91 Å². The fraction of sp³-hybridized carbons (Fsp3) is 0.286. The van der Waals surface area contributed by atoms with Gasteiger partial charge in [0.1, 0.15) is 16.6 Å². The van der Waals surface area contributed by atoms with Crippen LogP contribution in [0.1, 0.15) is 40.6 Å². The van der Waals surface area contributed by atoms with Gasteiger partial charge in [0.2, 0.25) is 15.0 Å². The number of benzene rings is 2. The average molecular weight is 477 g/mol. The van der Waals surface area contributed by atoms with Crippen molar-refractivity contribution in [2.75, 3.05) is 18.5 Å². The van der Waals surface area contributed by atoms with E-state index in [1.54, 1.807) is 18.2 Å². The molecule has 0 saturated carbocycles. The fourth-order valence-corrected chi connectivity index (χ4v) is 6.10. The number of hydrogen-bond acceptors (Lipinski definition) is 7. The van der Waals surface area contributed by atoms with Gasteiger partial charge in [0.05, 0.1) is 23.2 Å². The van der Waals surface area contributed by atoms with Crippen molar-refractivity contribution < 1.29 is 22.3 Å². The molecule has 0 bridgehead atoms. The molecule has 4 rings (SSSR count). The lowest BCUT2D eigenvalue weighted by Crippen LogP contribution is -2.30. The summed E-state index contributed by atoms with van der Waals surface area (Å²) in [5.74, 6) is -0.564. The van der Waals surface area contributed by atoms with Crippen molar-refractivity contribution in [1.29, 1.82) is 0 Å². The molecular weight excluding hydrogens is 455 g/mol. The number of nitrogens with zero attached hydrogens (tertiary/aromatic N) is 3. The van der Waals surface area contributed by atoms with Crippen LogP contribution in [-0.4, -0.2) is 42.0 Å². The molecular formula is C21H21FN4O4S2. The Kier molecular flexibility index (Phi) is 6.49. The SMILES string of the molecule is CCOc1ccc(S(=O)(=O)N2CCCC2c2nnc(C(=O)Nc3ccccc3F)s2)cc1. The minimum atomic E-state index is -3.77. The Morgan fingerprint density at radius 2 is 1.97 bits per heavy atom. The summed E-state index contributed by atoms with van der Waals surface area (Å²) in [5, 5.41) is 10.9. The van der Waals surface area contributed by atoms with Gasteiger partial charge >= 0.3 is 0 Å². The minimum Gasteiger partial charge on any atom is -0.494 e. The Morgan fingerprint density at radius 3 is 2.69 bits per heavy atom. The van der Waals surface area contributed by atoms with Gasteiger partial charge in [-0.05, 0) is 56.2 Å². The highest BCUT2D eigenvalue weighted by Crippen LogP contribution is 2.38. The molecule has 2 heterocycles. The molecule has 1 saturated heterocycles. The van der Waals surface area contributed by atoms with E-state index in [2.05, 4.69) is 15.5 Å². The van der Waals surface area contributed by atoms with Gasteiger partial charge in [-0.2, -0.15) is 4.31 Å². The second-order valence-electron chi connectivity index (χ2n) is 7.06. The number of rotatable bonds is 7. The molecule has 1 amide bonds. The zero-order valence-electron chi connectivity index (χ0n) is 17.2. The largest absolute Gasteiger partial charge is 0.494 e. The molecule has 0 radical (unpaired) electrons. The van der Waals surface area contributed by atoms with Crippen molar-refractivity contribution in [2.45, 2.75) is 30.7 Å². The summed E-state index contributed by atoms with van der Waals surface area (Å²) in [4.78, 5) is 12.6. The predicted molar refractivity (Wildman–Crippen MR) is 118 cm³/mol. The van der Waals surface area contributed by atoms with Crippen LogP contribution in [0.25, 0.3) is 0 Å². The molecule has 0 spiro atoms. The second kappa shape index (κ2) is 9.31. The molecule has 1 N–H and O–H groups in total. The number of carbonyl (C=O) groups is 1. The maximum Gasteiger partial charge on any atom is 0.286 e. The number of aromatic nitrogens is 2. The quantitative estimate of drug-likeness (QED) is 0.556. The summed E-state index contributed by atoms with van der Waals surface area (Å²) < 4.78 is 47.0. The van der Waals surface area contributed by atoms with Crippen molar-refractivity contribution in [3.05, 3.63) is 64.4 Å². The molecule has 8 nitrogen and oxygen atoms in total. The molecule has 1 aliphatic heterocycles. The Morgan fingerprint density at radius 1 is 1.22 bits per heavy atom. The van der Waals surface area contributed by atoms with Gasteiger partial charge in [-0.15, -0.1) is 10.2 Å². The first-order chi connectivity index (χ1) is 15.4. The molecule has 32 heavy (non-hydrogen) atoms. The highest BCUT2D eigenvalue weighted by atomic mass is 32.2. The Balaban J connectivity index is 1.53. The molecule has 2 aromatic carbocycles. The van der Waals surface area contributed by atoms with Crippen LogP contribution in [0, 0.1) is 5.82 Å². The maximum atomic E-state index is 13.8. The Labute approximate surface area is 189 Å². The number of hydrogen-bond donors (Lipinski definition) is 1. The summed E-state index contributed by atoms with van der Waals surface area (Å²) in [6.45, 7) is 2.69. The topological polar surface area (TPSA) is 101 Å². The van der Waals surface area contributed by atoms with Crippen molar-refractivity contribution in [2.24, 2.45) is 0 Å². The zero-order chi connectivity index (χ0) is 22.7. The van der Waals surface area contributed by atoms with E-state index in [9.17, 15) is 17.6 Å². The molecule has 1 fully saturated rings. The molecule has 11 heteroatoms. The third-order valence-corrected chi connectivity index (χ3v) is 7.93. The van der Waals surface area contributed by atoms with Crippen LogP contribution >= 0.6 is 11.3 Å². The highest BCUT2D eigenvalue weighted by Gasteiger charge is 2.38. The number of anilines is 1. The van der Waals surface area contributed by atoms with Crippen LogP contribution in [0.2, 0.25) is 0 Å². The lowest BCUT2D eigenvalue weighted by Gasteiger charge is -2.22. The van der Waals surface area contributed by atoms with Crippen LogP contribution < -0.4 is 10.1 Å². The number of carbonyl (C=O) groups excluding carboxylic acids is 1. The van der Waals surface area contributed by atoms with Crippen molar-refractivity contribution >= 4 is 33.0 Å². The van der Waals surface area contributed by atoms with E-state index in [1.807, 2.05) is 6.92 Å². The van der Waals surface area contributed by atoms with Gasteiger partial charge in [0, 0.05) is 6.54 Å². The van der Waals surface area contributed by atoms with E-state index in [-0.39, 0.29) is 15.6 Å². The number of halogens is 1. The Bertz CT molecular complexity index is 1210. The van der Waals surface area contributed by atoms with Gasteiger partial charge in [-0.1, -0.05) is 23.5 Å². The summed E-state index contributed by atoms with van der Waals surface area (Å²) in [6.07, 6.45) is 1.23. The number of para-hydroxylation sites is 1. The zero-order valence-corrected chi connectivity index (χ0v) is 18.8. The summed E-state index contributed by atoms with van der Waals surface area (Å²) >= 11 is 1.00. The molecule has 1 aliphatic rings. The first-order valence-corrected chi connectivity index (χ1v) is 12.3. The van der Waals surface area contributed by atoms with E-state index >= 15 is 0 Å². The van der Waals surface area contributed by atoms with Crippen molar-refractivity contribution in [1.82, 2.24) is 14.5 Å². The van der Waals surface area contributed by atoms with Crippen LogP contribution in [0.15, 0.2) is 53.4 Å². The number of ether oxygens (including phenoxy) is 1. The monoisotopic (exact) mass is 476 g/mol. The molecule has 168 valence electrons. The Hall–Kier alpha value is -2.89. The van der Waals surface area contributed by atoms with Gasteiger partial charge in [0.15, 0.2) is 0 Å². The van der Waals surface area contributed by atoms with Gasteiger partial charge in [-0.3, -0.25) is 4.79 Å². The highest BCUT2D eigenvalue weighted by molar-refractivity contribution is 7.89.